The average molecular weight is 242 g/mol. The summed E-state index contributed by atoms with van der Waals surface area (Å²) in [7, 11) is 1.67. The van der Waals surface area contributed by atoms with Crippen LogP contribution in [0, 0.1) is 0 Å². The summed E-state index contributed by atoms with van der Waals surface area (Å²) < 4.78 is 0. The largest absolute Gasteiger partial charge is 0.287 e. The lowest BCUT2D eigenvalue weighted by Gasteiger charge is -2.20. The van der Waals surface area contributed by atoms with Crippen LogP contribution in [0.25, 0.3) is 0 Å². The fourth-order valence-electron chi connectivity index (χ4n) is 1.71. The van der Waals surface area contributed by atoms with Crippen molar-refractivity contribution in [2.45, 2.75) is 13.1 Å². The van der Waals surface area contributed by atoms with E-state index in [9.17, 15) is 0 Å². The zero-order valence-corrected chi connectivity index (χ0v) is 10.5. The first-order chi connectivity index (χ1) is 8.88. The van der Waals surface area contributed by atoms with Crippen molar-refractivity contribution in [3.63, 3.8) is 0 Å². The first-order valence-electron chi connectivity index (χ1n) is 6.01. The van der Waals surface area contributed by atoms with Gasteiger partial charge in [0, 0.05) is 6.54 Å². The summed E-state index contributed by atoms with van der Waals surface area (Å²) >= 11 is 0. The van der Waals surface area contributed by atoms with Gasteiger partial charge in [0.25, 0.3) is 0 Å². The third kappa shape index (κ3) is 3.96. The highest BCUT2D eigenvalue weighted by molar-refractivity contribution is 5.15. The van der Waals surface area contributed by atoms with Crippen LogP contribution in [0.4, 0.5) is 0 Å². The first-order valence-corrected chi connectivity index (χ1v) is 6.01. The Labute approximate surface area is 108 Å². The number of benzene rings is 2. The molecule has 18 heavy (non-hydrogen) atoms. The summed E-state index contributed by atoms with van der Waals surface area (Å²) in [5.41, 5.74) is 5.68. The molecule has 3 heteroatoms. The van der Waals surface area contributed by atoms with Gasteiger partial charge in [-0.1, -0.05) is 60.7 Å². The molecule has 0 bridgehead atoms. The summed E-state index contributed by atoms with van der Waals surface area (Å²) in [4.78, 5) is 5.30. The summed E-state index contributed by atoms with van der Waals surface area (Å²) in [5.74, 6) is 0. The van der Waals surface area contributed by atoms with Gasteiger partial charge in [-0.25, -0.2) is 5.43 Å². The standard InChI is InChI=1S/C15H18N2O/c1-18-17(13-15-10-6-3-7-11-15)16-12-14-8-4-2-5-9-14/h2-11,16H,12-13H2,1H3. The van der Waals surface area contributed by atoms with Crippen molar-refractivity contribution < 1.29 is 4.84 Å². The van der Waals surface area contributed by atoms with E-state index in [0.717, 1.165) is 6.54 Å². The molecule has 0 aliphatic heterocycles. The lowest BCUT2D eigenvalue weighted by molar-refractivity contribution is -0.181. The number of nitrogens with one attached hydrogen (secondary N) is 1. The van der Waals surface area contributed by atoms with Crippen LogP contribution < -0.4 is 5.43 Å². The predicted octanol–water partition coefficient (Wildman–Crippen LogP) is 2.75. The highest BCUT2D eigenvalue weighted by atomic mass is 16.7. The Morgan fingerprint density at radius 2 is 1.44 bits per heavy atom. The molecular weight excluding hydrogens is 224 g/mol. The fourth-order valence-corrected chi connectivity index (χ4v) is 1.71. The first kappa shape index (κ1) is 12.8. The fraction of sp³-hybridized carbons (Fsp3) is 0.200. The Kier molecular flexibility index (Phi) is 4.90. The van der Waals surface area contributed by atoms with Gasteiger partial charge in [-0.3, -0.25) is 4.84 Å². The molecular formula is C15H18N2O. The second-order valence-corrected chi connectivity index (χ2v) is 4.03. The molecule has 0 amide bonds. The molecule has 0 aliphatic carbocycles. The minimum atomic E-state index is 0.712. The van der Waals surface area contributed by atoms with Gasteiger partial charge in [0.1, 0.15) is 0 Å². The van der Waals surface area contributed by atoms with Crippen molar-refractivity contribution in [2.75, 3.05) is 7.11 Å². The molecule has 0 fully saturated rings. The maximum Gasteiger partial charge on any atom is 0.0651 e. The number of hydrazine groups is 1. The van der Waals surface area contributed by atoms with E-state index < -0.39 is 0 Å². The molecule has 0 radical (unpaired) electrons. The second kappa shape index (κ2) is 6.91. The molecule has 2 aromatic rings. The quantitative estimate of drug-likeness (QED) is 0.788. The Hall–Kier alpha value is -1.68. The molecule has 2 aromatic carbocycles. The molecule has 0 unspecified atom stereocenters. The molecule has 0 spiro atoms. The normalized spacial score (nSPS) is 10.8. The van der Waals surface area contributed by atoms with Gasteiger partial charge in [-0.15, -0.1) is 5.17 Å². The van der Waals surface area contributed by atoms with E-state index in [4.69, 9.17) is 4.84 Å². The van der Waals surface area contributed by atoms with Crippen molar-refractivity contribution in [3.8, 4) is 0 Å². The van der Waals surface area contributed by atoms with Crippen LogP contribution in [0.2, 0.25) is 0 Å². The van der Waals surface area contributed by atoms with Gasteiger partial charge in [0.15, 0.2) is 0 Å². The lowest BCUT2D eigenvalue weighted by atomic mass is 10.2. The van der Waals surface area contributed by atoms with Crippen molar-refractivity contribution in [3.05, 3.63) is 71.8 Å². The summed E-state index contributed by atoms with van der Waals surface area (Å²) in [6.07, 6.45) is 0. The minimum absolute atomic E-state index is 0.712. The van der Waals surface area contributed by atoms with Crippen LogP contribution >= 0.6 is 0 Å². The van der Waals surface area contributed by atoms with E-state index in [1.807, 2.05) is 36.4 Å². The van der Waals surface area contributed by atoms with Crippen LogP contribution in [-0.2, 0) is 17.9 Å². The summed E-state index contributed by atoms with van der Waals surface area (Å²) in [6.45, 7) is 1.46. The molecule has 0 aromatic heterocycles. The molecule has 0 aliphatic rings. The Morgan fingerprint density at radius 1 is 0.889 bits per heavy atom. The second-order valence-electron chi connectivity index (χ2n) is 4.03. The smallest absolute Gasteiger partial charge is 0.0651 e. The van der Waals surface area contributed by atoms with Crippen molar-refractivity contribution in [2.24, 2.45) is 0 Å². The van der Waals surface area contributed by atoms with Crippen LogP contribution in [0.5, 0.6) is 0 Å². The SMILES string of the molecule is CON(Cc1ccccc1)NCc1ccccc1. The van der Waals surface area contributed by atoms with E-state index in [1.165, 1.54) is 11.1 Å². The molecule has 1 N–H and O–H groups in total. The van der Waals surface area contributed by atoms with Crippen molar-refractivity contribution in [1.29, 1.82) is 0 Å². The third-order valence-electron chi connectivity index (χ3n) is 2.69. The van der Waals surface area contributed by atoms with Gasteiger partial charge in [-0.05, 0) is 11.1 Å². The lowest BCUT2D eigenvalue weighted by Crippen LogP contribution is -2.35. The number of rotatable bonds is 6. The Morgan fingerprint density at radius 3 is 2.00 bits per heavy atom. The maximum absolute atomic E-state index is 5.30. The molecule has 94 valence electrons. The van der Waals surface area contributed by atoms with E-state index in [-0.39, 0.29) is 0 Å². The number of hydroxylamine groups is 1. The zero-order chi connectivity index (χ0) is 12.6. The molecule has 0 atom stereocenters. The number of hydrogen-bond donors (Lipinski definition) is 1. The Balaban J connectivity index is 1.86. The van der Waals surface area contributed by atoms with E-state index >= 15 is 0 Å². The van der Waals surface area contributed by atoms with Gasteiger partial charge in [0.05, 0.1) is 13.7 Å². The molecule has 0 saturated carbocycles. The highest BCUT2D eigenvalue weighted by Crippen LogP contribution is 2.04. The number of hydrogen-bond acceptors (Lipinski definition) is 3. The van der Waals surface area contributed by atoms with E-state index in [0.29, 0.717) is 6.54 Å². The molecule has 2 rings (SSSR count). The topological polar surface area (TPSA) is 24.5 Å². The van der Waals surface area contributed by atoms with Gasteiger partial charge < -0.3 is 0 Å². The van der Waals surface area contributed by atoms with Crippen LogP contribution in [0.1, 0.15) is 11.1 Å². The number of nitrogens with zero attached hydrogens (tertiary/aromatic N) is 1. The van der Waals surface area contributed by atoms with E-state index in [1.54, 1.807) is 12.3 Å². The maximum atomic E-state index is 5.30. The summed E-state index contributed by atoms with van der Waals surface area (Å²) in [5, 5.41) is 1.74. The molecule has 3 nitrogen and oxygen atoms in total. The molecule has 0 saturated heterocycles. The van der Waals surface area contributed by atoms with E-state index in [2.05, 4.69) is 29.7 Å². The third-order valence-corrected chi connectivity index (χ3v) is 2.69. The van der Waals surface area contributed by atoms with Crippen molar-refractivity contribution in [1.82, 2.24) is 10.6 Å². The highest BCUT2D eigenvalue weighted by Gasteiger charge is 2.03. The summed E-state index contributed by atoms with van der Waals surface area (Å²) in [6, 6.07) is 20.5. The zero-order valence-electron chi connectivity index (χ0n) is 10.5. The van der Waals surface area contributed by atoms with Gasteiger partial charge >= 0.3 is 0 Å². The Bertz CT molecular complexity index is 445. The van der Waals surface area contributed by atoms with Crippen molar-refractivity contribution >= 4 is 0 Å². The van der Waals surface area contributed by atoms with Crippen LogP contribution in [0.3, 0.4) is 0 Å². The minimum Gasteiger partial charge on any atom is -0.287 e. The van der Waals surface area contributed by atoms with Gasteiger partial charge in [-0.2, -0.15) is 0 Å². The molecule has 0 heterocycles. The average Bonchev–Trinajstić information content (AvgIpc) is 2.45. The van der Waals surface area contributed by atoms with Crippen LogP contribution in [-0.4, -0.2) is 12.3 Å². The van der Waals surface area contributed by atoms with Crippen LogP contribution in [0.15, 0.2) is 60.7 Å². The van der Waals surface area contributed by atoms with Gasteiger partial charge in [0.2, 0.25) is 0 Å². The monoisotopic (exact) mass is 242 g/mol. The predicted molar refractivity (Wildman–Crippen MR) is 72.3 cm³/mol.